The van der Waals surface area contributed by atoms with Crippen molar-refractivity contribution in [2.45, 2.75) is 64.4 Å². The van der Waals surface area contributed by atoms with E-state index in [1.54, 1.807) is 0 Å². The van der Waals surface area contributed by atoms with Gasteiger partial charge in [-0.2, -0.15) is 0 Å². The highest BCUT2D eigenvalue weighted by atomic mass is 16.3. The first-order valence-electron chi connectivity index (χ1n) is 8.05. The molecule has 3 N–H and O–H groups in total. The predicted octanol–water partition coefficient (Wildman–Crippen LogP) is 3.02. The lowest BCUT2D eigenvalue weighted by Crippen LogP contribution is -2.28. The fourth-order valence-corrected chi connectivity index (χ4v) is 2.88. The Morgan fingerprint density at radius 1 is 1.14 bits per heavy atom. The van der Waals surface area contributed by atoms with Crippen molar-refractivity contribution in [3.05, 3.63) is 35.4 Å². The van der Waals surface area contributed by atoms with Gasteiger partial charge >= 0.3 is 0 Å². The average molecular weight is 291 g/mol. The molecule has 0 atom stereocenters. The van der Waals surface area contributed by atoms with Crippen molar-refractivity contribution < 1.29 is 9.90 Å². The molecular formula is C18H29NO2. The molecule has 0 aromatic heterocycles. The number of benzene rings is 1. The summed E-state index contributed by atoms with van der Waals surface area (Å²) >= 11 is 0. The Bertz CT molecular complexity index is 437. The van der Waals surface area contributed by atoms with Crippen LogP contribution in [0.15, 0.2) is 24.3 Å². The second kappa shape index (κ2) is 8.96. The molecule has 0 spiro atoms. The second-order valence-electron chi connectivity index (χ2n) is 5.96. The zero-order valence-electron chi connectivity index (χ0n) is 13.4. The van der Waals surface area contributed by atoms with Crippen LogP contribution in [-0.4, -0.2) is 23.0 Å². The van der Waals surface area contributed by atoms with Crippen molar-refractivity contribution in [1.29, 1.82) is 0 Å². The summed E-state index contributed by atoms with van der Waals surface area (Å²) in [4.78, 5) is 11.4. The number of Topliss-reactive ketones (excluding diaryl/α,β-unsaturated/α-hetero) is 1. The monoisotopic (exact) mass is 291 g/mol. The van der Waals surface area contributed by atoms with E-state index in [2.05, 4.69) is 26.0 Å². The highest BCUT2D eigenvalue weighted by Crippen LogP contribution is 2.25. The van der Waals surface area contributed by atoms with E-state index >= 15 is 0 Å². The molecule has 0 radical (unpaired) electrons. The molecule has 0 fully saturated rings. The van der Waals surface area contributed by atoms with Crippen LogP contribution in [0.25, 0.3) is 0 Å². The normalized spacial score (nSPS) is 11.6. The number of ketones is 1. The van der Waals surface area contributed by atoms with E-state index in [1.807, 2.05) is 12.1 Å². The van der Waals surface area contributed by atoms with Gasteiger partial charge in [-0.15, -0.1) is 0 Å². The Kier molecular flexibility index (Phi) is 7.62. The van der Waals surface area contributed by atoms with Gasteiger partial charge in [0.1, 0.15) is 0 Å². The minimum Gasteiger partial charge on any atom is -0.390 e. The second-order valence-corrected chi connectivity index (χ2v) is 5.96. The van der Waals surface area contributed by atoms with E-state index in [0.29, 0.717) is 6.42 Å². The Morgan fingerprint density at radius 3 is 2.33 bits per heavy atom. The van der Waals surface area contributed by atoms with E-state index in [-0.39, 0.29) is 12.3 Å². The van der Waals surface area contributed by atoms with E-state index in [9.17, 15) is 9.90 Å². The molecule has 21 heavy (non-hydrogen) atoms. The van der Waals surface area contributed by atoms with Crippen molar-refractivity contribution in [2.24, 2.45) is 5.73 Å². The van der Waals surface area contributed by atoms with Crippen LogP contribution >= 0.6 is 0 Å². The number of carbonyl (C=O) groups excluding carboxylic acids is 1. The number of hydrogen-bond donors (Lipinski definition) is 2. The fourth-order valence-electron chi connectivity index (χ4n) is 2.88. The zero-order valence-corrected chi connectivity index (χ0v) is 13.4. The predicted molar refractivity (Wildman–Crippen MR) is 87.3 cm³/mol. The molecule has 0 amide bonds. The summed E-state index contributed by atoms with van der Waals surface area (Å²) in [5, 5.41) is 10.7. The molecule has 3 heteroatoms. The molecule has 0 bridgehead atoms. The summed E-state index contributed by atoms with van der Waals surface area (Å²) in [6.45, 7) is 4.32. The van der Waals surface area contributed by atoms with Crippen LogP contribution in [0.1, 0.15) is 57.1 Å². The largest absolute Gasteiger partial charge is 0.390 e. The van der Waals surface area contributed by atoms with Crippen LogP contribution in [0.2, 0.25) is 0 Å². The van der Waals surface area contributed by atoms with Gasteiger partial charge in [0.05, 0.1) is 12.1 Å². The van der Waals surface area contributed by atoms with E-state index < -0.39 is 5.60 Å². The summed E-state index contributed by atoms with van der Waals surface area (Å²) in [6.07, 6.45) is 5.74. The molecule has 0 aliphatic heterocycles. The number of carbonyl (C=O) groups is 1. The summed E-state index contributed by atoms with van der Waals surface area (Å²) < 4.78 is 0. The third-order valence-electron chi connectivity index (χ3n) is 3.93. The standard InChI is InChI=1S/C18H29NO2/c1-3-9-18(21,10-4-2)11-8-15-6-5-7-16(12-15)13-17(20)14-19/h5-7,12,21H,3-4,8-11,13-14,19H2,1-2H3. The van der Waals surface area contributed by atoms with Crippen molar-refractivity contribution in [3.63, 3.8) is 0 Å². The van der Waals surface area contributed by atoms with E-state index in [0.717, 1.165) is 44.1 Å². The molecule has 0 unspecified atom stereocenters. The fraction of sp³-hybridized carbons (Fsp3) is 0.611. The number of aliphatic hydroxyl groups is 1. The lowest BCUT2D eigenvalue weighted by atomic mass is 9.86. The van der Waals surface area contributed by atoms with Crippen molar-refractivity contribution in [2.75, 3.05) is 6.54 Å². The maximum atomic E-state index is 11.4. The van der Waals surface area contributed by atoms with Crippen LogP contribution in [0.3, 0.4) is 0 Å². The van der Waals surface area contributed by atoms with Gasteiger partial charge < -0.3 is 10.8 Å². The lowest BCUT2D eigenvalue weighted by molar-refractivity contribution is -0.117. The molecule has 3 nitrogen and oxygen atoms in total. The molecule has 0 aliphatic carbocycles. The maximum Gasteiger partial charge on any atom is 0.150 e. The first kappa shape index (κ1) is 17.9. The molecule has 1 aromatic carbocycles. The highest BCUT2D eigenvalue weighted by Gasteiger charge is 2.24. The summed E-state index contributed by atoms with van der Waals surface area (Å²) in [7, 11) is 0. The lowest BCUT2D eigenvalue weighted by Gasteiger charge is -2.27. The minimum atomic E-state index is -0.549. The first-order chi connectivity index (χ1) is 10.0. The topological polar surface area (TPSA) is 63.3 Å². The van der Waals surface area contributed by atoms with Crippen LogP contribution in [0.4, 0.5) is 0 Å². The maximum absolute atomic E-state index is 11.4. The van der Waals surface area contributed by atoms with Crippen molar-refractivity contribution in [3.8, 4) is 0 Å². The zero-order chi connectivity index (χ0) is 15.7. The Labute approximate surface area is 128 Å². The van der Waals surface area contributed by atoms with Gasteiger partial charge in [-0.3, -0.25) is 4.79 Å². The third-order valence-corrected chi connectivity index (χ3v) is 3.93. The number of rotatable bonds is 10. The molecule has 1 rings (SSSR count). The van der Waals surface area contributed by atoms with Crippen LogP contribution in [0, 0.1) is 0 Å². The number of hydrogen-bond acceptors (Lipinski definition) is 3. The van der Waals surface area contributed by atoms with Gasteiger partial charge in [-0.1, -0.05) is 51.0 Å². The van der Waals surface area contributed by atoms with Crippen LogP contribution in [-0.2, 0) is 17.6 Å². The minimum absolute atomic E-state index is 0.0561. The van der Waals surface area contributed by atoms with Gasteiger partial charge in [0.2, 0.25) is 0 Å². The molecule has 0 aliphatic rings. The van der Waals surface area contributed by atoms with Gasteiger partial charge in [-0.05, 0) is 36.8 Å². The Morgan fingerprint density at radius 2 is 1.76 bits per heavy atom. The van der Waals surface area contributed by atoms with Gasteiger partial charge in [0.25, 0.3) is 0 Å². The quantitative estimate of drug-likeness (QED) is 0.696. The van der Waals surface area contributed by atoms with Gasteiger partial charge in [0, 0.05) is 6.42 Å². The molecule has 0 saturated heterocycles. The third kappa shape index (κ3) is 6.40. The van der Waals surface area contributed by atoms with Crippen LogP contribution < -0.4 is 5.73 Å². The first-order valence-corrected chi connectivity index (χ1v) is 8.05. The number of aryl methyl sites for hydroxylation is 1. The molecular weight excluding hydrogens is 262 g/mol. The SMILES string of the molecule is CCCC(O)(CCC)CCc1cccc(CC(=O)CN)c1. The molecule has 0 heterocycles. The van der Waals surface area contributed by atoms with Gasteiger partial charge in [0.15, 0.2) is 5.78 Å². The van der Waals surface area contributed by atoms with Gasteiger partial charge in [-0.25, -0.2) is 0 Å². The van der Waals surface area contributed by atoms with Crippen molar-refractivity contribution in [1.82, 2.24) is 0 Å². The molecule has 118 valence electrons. The van der Waals surface area contributed by atoms with Crippen molar-refractivity contribution >= 4 is 5.78 Å². The molecule has 0 saturated carbocycles. The van der Waals surface area contributed by atoms with E-state index in [4.69, 9.17) is 5.73 Å². The average Bonchev–Trinajstić information content (AvgIpc) is 2.46. The smallest absolute Gasteiger partial charge is 0.150 e. The molecule has 1 aromatic rings. The summed E-state index contributed by atoms with van der Waals surface area (Å²) in [5.74, 6) is 0.0561. The number of nitrogens with two attached hydrogens (primary N) is 1. The Balaban J connectivity index is 2.65. The highest BCUT2D eigenvalue weighted by molar-refractivity contribution is 5.82. The van der Waals surface area contributed by atoms with E-state index in [1.165, 1.54) is 5.56 Å². The van der Waals surface area contributed by atoms with Crippen LogP contribution in [0.5, 0.6) is 0 Å². The Hall–Kier alpha value is -1.19. The summed E-state index contributed by atoms with van der Waals surface area (Å²) in [5.41, 5.74) is 7.00. The summed E-state index contributed by atoms with van der Waals surface area (Å²) in [6, 6.07) is 8.06.